The third-order valence-electron chi connectivity index (χ3n) is 5.59. The van der Waals surface area contributed by atoms with E-state index in [0.29, 0.717) is 24.6 Å². The minimum Gasteiger partial charge on any atom is -0.379 e. The molecule has 0 saturated carbocycles. The Kier molecular flexibility index (Phi) is 7.67. The van der Waals surface area contributed by atoms with Crippen molar-refractivity contribution in [2.45, 2.75) is 16.7 Å². The highest BCUT2D eigenvalue weighted by atomic mass is 35.5. The maximum absolute atomic E-state index is 13.0. The molecule has 4 rings (SSSR count). The predicted molar refractivity (Wildman–Crippen MR) is 137 cm³/mol. The molecule has 0 radical (unpaired) electrons. The first-order valence-corrected chi connectivity index (χ1v) is 14.3. The van der Waals surface area contributed by atoms with E-state index in [0.717, 1.165) is 5.56 Å². The molecule has 0 bridgehead atoms. The Balaban J connectivity index is 1.51. The zero-order valence-electron chi connectivity index (χ0n) is 19.3. The van der Waals surface area contributed by atoms with Crippen LogP contribution >= 0.6 is 11.6 Å². The third kappa shape index (κ3) is 5.71. The summed E-state index contributed by atoms with van der Waals surface area (Å²) in [6, 6.07) is 16.6. The number of nitrogens with one attached hydrogen (secondary N) is 2. The second-order valence-corrected chi connectivity index (χ2v) is 12.1. The number of anilines is 2. The quantitative estimate of drug-likeness (QED) is 0.463. The van der Waals surface area contributed by atoms with Crippen molar-refractivity contribution in [3.05, 3.63) is 82.9 Å². The summed E-state index contributed by atoms with van der Waals surface area (Å²) in [5, 5.41) is 2.61. The van der Waals surface area contributed by atoms with Crippen molar-refractivity contribution >= 4 is 48.9 Å². The Bertz CT molecular complexity index is 1490. The van der Waals surface area contributed by atoms with Gasteiger partial charge in [0.1, 0.15) is 4.90 Å². The van der Waals surface area contributed by atoms with Crippen molar-refractivity contribution in [3.63, 3.8) is 0 Å². The standard InChI is InChI=1S/C24H24ClN3O6S2/c1-17-4-2-3-5-22(17)27-35(30,31)23-16-18(6-11-21(23)25)24(29)26-19-7-9-20(10-8-19)36(32,33)28-12-14-34-15-13-28/h2-11,16,27H,12-15H2,1H3,(H,26,29). The van der Waals surface area contributed by atoms with Crippen LogP contribution < -0.4 is 10.0 Å². The number of para-hydroxylation sites is 1. The van der Waals surface area contributed by atoms with Gasteiger partial charge in [0.15, 0.2) is 0 Å². The molecule has 3 aromatic rings. The number of nitrogens with zero attached hydrogens (tertiary/aromatic N) is 1. The van der Waals surface area contributed by atoms with Gasteiger partial charge in [0, 0.05) is 24.3 Å². The molecule has 3 aromatic carbocycles. The summed E-state index contributed by atoms with van der Waals surface area (Å²) in [5.74, 6) is -0.581. The number of amides is 1. The summed E-state index contributed by atoms with van der Waals surface area (Å²) in [6.07, 6.45) is 0. The normalized spacial score (nSPS) is 14.8. The SMILES string of the molecule is Cc1ccccc1NS(=O)(=O)c1cc(C(=O)Nc2ccc(S(=O)(=O)N3CCOCC3)cc2)ccc1Cl. The van der Waals surface area contributed by atoms with Crippen LogP contribution in [0.2, 0.25) is 5.02 Å². The number of ether oxygens (including phenoxy) is 1. The molecule has 1 aliphatic rings. The Morgan fingerprint density at radius 1 is 0.944 bits per heavy atom. The molecule has 0 unspecified atom stereocenters. The summed E-state index contributed by atoms with van der Waals surface area (Å²) in [7, 11) is -7.73. The van der Waals surface area contributed by atoms with Gasteiger partial charge in [-0.15, -0.1) is 0 Å². The number of rotatable bonds is 7. The molecule has 190 valence electrons. The van der Waals surface area contributed by atoms with E-state index in [4.69, 9.17) is 16.3 Å². The van der Waals surface area contributed by atoms with Crippen LogP contribution in [0.25, 0.3) is 0 Å². The van der Waals surface area contributed by atoms with E-state index in [9.17, 15) is 21.6 Å². The molecule has 1 fully saturated rings. The minimum atomic E-state index is -4.07. The Labute approximate surface area is 215 Å². The number of carbonyl (C=O) groups is 1. The van der Waals surface area contributed by atoms with Gasteiger partial charge in [-0.2, -0.15) is 4.31 Å². The summed E-state index contributed by atoms with van der Waals surface area (Å²) in [4.78, 5) is 12.7. The van der Waals surface area contributed by atoms with E-state index in [-0.39, 0.29) is 33.5 Å². The van der Waals surface area contributed by atoms with E-state index in [1.165, 1.54) is 46.8 Å². The van der Waals surface area contributed by atoms with Crippen LogP contribution in [0.5, 0.6) is 0 Å². The fourth-order valence-electron chi connectivity index (χ4n) is 3.59. The van der Waals surface area contributed by atoms with E-state index < -0.39 is 26.0 Å². The fraction of sp³-hybridized carbons (Fsp3) is 0.208. The molecular formula is C24H24ClN3O6S2. The maximum Gasteiger partial charge on any atom is 0.263 e. The van der Waals surface area contributed by atoms with Crippen molar-refractivity contribution in [3.8, 4) is 0 Å². The van der Waals surface area contributed by atoms with Crippen molar-refractivity contribution in [1.29, 1.82) is 0 Å². The van der Waals surface area contributed by atoms with Crippen molar-refractivity contribution in [2.75, 3.05) is 36.3 Å². The molecule has 1 amide bonds. The molecule has 1 heterocycles. The van der Waals surface area contributed by atoms with Gasteiger partial charge < -0.3 is 10.1 Å². The van der Waals surface area contributed by atoms with Gasteiger partial charge in [0.25, 0.3) is 15.9 Å². The van der Waals surface area contributed by atoms with Crippen LogP contribution in [-0.2, 0) is 24.8 Å². The van der Waals surface area contributed by atoms with Crippen LogP contribution in [0.15, 0.2) is 76.5 Å². The van der Waals surface area contributed by atoms with Gasteiger partial charge in [0.05, 0.1) is 28.8 Å². The first-order chi connectivity index (χ1) is 17.1. The highest BCUT2D eigenvalue weighted by Crippen LogP contribution is 2.27. The van der Waals surface area contributed by atoms with Gasteiger partial charge in [-0.3, -0.25) is 9.52 Å². The van der Waals surface area contributed by atoms with Crippen molar-refractivity contribution in [1.82, 2.24) is 4.31 Å². The lowest BCUT2D eigenvalue weighted by Crippen LogP contribution is -2.40. The lowest BCUT2D eigenvalue weighted by molar-refractivity contribution is 0.0730. The predicted octanol–water partition coefficient (Wildman–Crippen LogP) is 3.72. The first-order valence-electron chi connectivity index (χ1n) is 11.0. The summed E-state index contributed by atoms with van der Waals surface area (Å²) in [6.45, 7) is 3.00. The second-order valence-electron chi connectivity index (χ2n) is 8.06. The average molecular weight is 550 g/mol. The number of sulfonamides is 2. The van der Waals surface area contributed by atoms with E-state index >= 15 is 0 Å². The van der Waals surface area contributed by atoms with Crippen LogP contribution in [-0.4, -0.2) is 53.4 Å². The maximum atomic E-state index is 13.0. The Morgan fingerprint density at radius 2 is 1.61 bits per heavy atom. The lowest BCUT2D eigenvalue weighted by Gasteiger charge is -2.26. The van der Waals surface area contributed by atoms with Gasteiger partial charge in [-0.25, -0.2) is 16.8 Å². The molecule has 2 N–H and O–H groups in total. The third-order valence-corrected chi connectivity index (χ3v) is 9.35. The van der Waals surface area contributed by atoms with Crippen molar-refractivity contribution in [2.24, 2.45) is 0 Å². The highest BCUT2D eigenvalue weighted by Gasteiger charge is 2.26. The number of hydrogen-bond acceptors (Lipinski definition) is 6. The Hall–Kier alpha value is -2.96. The number of halogens is 1. The van der Waals surface area contributed by atoms with Gasteiger partial charge in [-0.05, 0) is 61.0 Å². The molecule has 0 spiro atoms. The van der Waals surface area contributed by atoms with Gasteiger partial charge in [0.2, 0.25) is 10.0 Å². The van der Waals surface area contributed by atoms with Crippen LogP contribution in [0.4, 0.5) is 11.4 Å². The average Bonchev–Trinajstić information content (AvgIpc) is 2.86. The lowest BCUT2D eigenvalue weighted by atomic mass is 10.2. The first kappa shape index (κ1) is 26.1. The molecule has 0 aromatic heterocycles. The molecule has 1 saturated heterocycles. The largest absolute Gasteiger partial charge is 0.379 e. The molecule has 0 atom stereocenters. The topological polar surface area (TPSA) is 122 Å². The molecular weight excluding hydrogens is 526 g/mol. The minimum absolute atomic E-state index is 0.0368. The van der Waals surface area contributed by atoms with Crippen LogP contribution in [0.1, 0.15) is 15.9 Å². The smallest absolute Gasteiger partial charge is 0.263 e. The van der Waals surface area contributed by atoms with Gasteiger partial charge >= 0.3 is 0 Å². The van der Waals surface area contributed by atoms with Crippen molar-refractivity contribution < 1.29 is 26.4 Å². The summed E-state index contributed by atoms with van der Waals surface area (Å²) in [5.41, 5.74) is 1.54. The molecule has 12 heteroatoms. The molecule has 9 nitrogen and oxygen atoms in total. The van der Waals surface area contributed by atoms with E-state index in [1.54, 1.807) is 31.2 Å². The molecule has 0 aliphatic carbocycles. The number of morpholine rings is 1. The number of carbonyl (C=O) groups excluding carboxylic acids is 1. The van der Waals surface area contributed by atoms with Crippen LogP contribution in [0.3, 0.4) is 0 Å². The number of benzene rings is 3. The molecule has 36 heavy (non-hydrogen) atoms. The highest BCUT2D eigenvalue weighted by molar-refractivity contribution is 7.92. The second kappa shape index (κ2) is 10.6. The molecule has 1 aliphatic heterocycles. The number of hydrogen-bond donors (Lipinski definition) is 2. The van der Waals surface area contributed by atoms with Gasteiger partial charge in [-0.1, -0.05) is 29.8 Å². The summed E-state index contributed by atoms with van der Waals surface area (Å²) >= 11 is 6.16. The zero-order chi connectivity index (χ0) is 25.9. The summed E-state index contributed by atoms with van der Waals surface area (Å²) < 4.78 is 60.5. The van der Waals surface area contributed by atoms with E-state index in [2.05, 4.69) is 10.0 Å². The monoisotopic (exact) mass is 549 g/mol. The zero-order valence-corrected chi connectivity index (χ0v) is 21.7. The Morgan fingerprint density at radius 3 is 2.28 bits per heavy atom. The van der Waals surface area contributed by atoms with Crippen LogP contribution in [0, 0.1) is 6.92 Å². The van der Waals surface area contributed by atoms with E-state index in [1.807, 2.05) is 0 Å². The fourth-order valence-corrected chi connectivity index (χ4v) is 6.65. The number of aryl methyl sites for hydroxylation is 1.